The summed E-state index contributed by atoms with van der Waals surface area (Å²) in [7, 11) is 6.13. The van der Waals surface area contributed by atoms with Gasteiger partial charge < -0.3 is 93.3 Å². The number of thioether (sulfide) groups is 1. The highest BCUT2D eigenvalue weighted by Gasteiger charge is 2.43. The van der Waals surface area contributed by atoms with Crippen LogP contribution in [0, 0.1) is 29.3 Å². The van der Waals surface area contributed by atoms with Crippen LogP contribution in [0.3, 0.4) is 0 Å². The number of phenolic OH excluding ortho intramolecular Hbond substituents is 1. The lowest BCUT2D eigenvalue weighted by atomic mass is 9.98. The van der Waals surface area contributed by atoms with Gasteiger partial charge >= 0.3 is 5.97 Å². The van der Waals surface area contributed by atoms with Crippen molar-refractivity contribution in [2.24, 2.45) is 17.6 Å². The van der Waals surface area contributed by atoms with Gasteiger partial charge in [0.2, 0.25) is 88.6 Å². The maximum Gasteiger partial charge on any atom is 0.305 e. The van der Waals surface area contributed by atoms with E-state index in [-0.39, 0.29) is 62.7 Å². The van der Waals surface area contributed by atoms with Crippen LogP contribution in [0.25, 0.3) is 10.9 Å². The standard InChI is InChI=1S/C92H114F3N17O18S/c1-11-12-29-72-90(128)109(7)49-77(116)101-68(44-79(118)119)86(124)107-81(53(4)5)92(130)111(9)73(41-54-22-15-13-16-23-54)87(125)105-69(38-56-30-32-60(113)33-31-56)88(126)108(6)48-76(115)100-67(43-59-46-98-64-28-20-19-27-61(59)64)85(123)104-66(39-57-26-21-34-97-45-57)84(122)103-65(35-52(2)3)83(121)106-71(82(120)99-47-75(96)114)50-131-51-78(117)102-70(40-58-36-62(93)80(95)63(94)37-58)89(127)112(10)74(91(129)110(72)8)42-55-24-17-14-18-25-55/h13-28,30-34,36-37,45-46,52-53,65-74,81,98,113H,11-12,29,35,38-44,47-51H2,1-10H3,(H2,96,114)(H,99,120)(H,100,115)(H,101,116)(H,102,117)(H,103,122)(H,104,123)(H,105,125)(H,106,121)(H,107,124)(H,118,119)/t65-,66-,67-,68-,69-,70-,71-,72-,73-,74-,81-/m0/s1. The molecule has 5 aromatic carbocycles. The smallest absolute Gasteiger partial charge is 0.305 e. The number of nitrogens with one attached hydrogen (secondary N) is 10. The molecule has 7 aromatic rings. The molecule has 131 heavy (non-hydrogen) atoms. The highest BCUT2D eigenvalue weighted by atomic mass is 32.2. The fourth-order valence-corrected chi connectivity index (χ4v) is 15.8. The number of hydrogen-bond donors (Lipinski definition) is 13. The Morgan fingerprint density at radius 3 is 1.61 bits per heavy atom. The van der Waals surface area contributed by atoms with E-state index in [4.69, 9.17) is 5.73 Å². The molecule has 1 saturated heterocycles. The number of halogens is 3. The van der Waals surface area contributed by atoms with Crippen LogP contribution in [0.4, 0.5) is 13.2 Å². The van der Waals surface area contributed by atoms with Gasteiger partial charge in [-0.15, -0.1) is 11.8 Å². The molecular formula is C92H114F3N17O18S. The van der Waals surface area contributed by atoms with Crippen molar-refractivity contribution in [1.29, 1.82) is 0 Å². The predicted molar refractivity (Wildman–Crippen MR) is 478 cm³/mol. The number of aliphatic carboxylic acids is 1. The monoisotopic (exact) mass is 1830 g/mol. The highest BCUT2D eigenvalue weighted by Crippen LogP contribution is 2.25. The number of primary amides is 1. The molecule has 0 radical (unpaired) electrons. The Hall–Kier alpha value is -13.8. The van der Waals surface area contributed by atoms with E-state index in [0.717, 1.165) is 24.5 Å². The van der Waals surface area contributed by atoms with Crippen molar-refractivity contribution < 1.29 is 100 Å². The number of carboxylic acid groups (broad SMARTS) is 1. The molecule has 0 aliphatic carbocycles. The number of carbonyl (C=O) groups excluding carboxylic acids is 15. The summed E-state index contributed by atoms with van der Waals surface area (Å²) in [6.45, 7) is 5.83. The van der Waals surface area contributed by atoms with E-state index in [2.05, 4.69) is 57.8 Å². The Morgan fingerprint density at radius 1 is 0.519 bits per heavy atom. The van der Waals surface area contributed by atoms with Gasteiger partial charge in [0, 0.05) is 109 Å². The number of carboxylic acids is 1. The molecule has 0 saturated carbocycles. The Labute approximate surface area is 760 Å². The number of H-pyrrole nitrogens is 1. The number of unbranched alkanes of at least 4 members (excludes halogenated alkanes) is 1. The highest BCUT2D eigenvalue weighted by molar-refractivity contribution is 8.00. The molecule has 0 unspecified atom stereocenters. The van der Waals surface area contributed by atoms with Crippen molar-refractivity contribution in [1.82, 2.24) is 82.3 Å². The van der Waals surface area contributed by atoms with Crippen LogP contribution in [0.5, 0.6) is 5.75 Å². The first-order valence-electron chi connectivity index (χ1n) is 42.7. The van der Waals surface area contributed by atoms with Crippen LogP contribution in [0.2, 0.25) is 0 Å². The average Bonchev–Trinajstić information content (AvgIpc) is 1.38. The molecule has 14 N–H and O–H groups in total. The third kappa shape index (κ3) is 30.4. The summed E-state index contributed by atoms with van der Waals surface area (Å²) >= 11 is 0.677. The first kappa shape index (κ1) is 103. The molecular weight excluding hydrogens is 1720 g/mol. The van der Waals surface area contributed by atoms with Gasteiger partial charge in [0.1, 0.15) is 72.2 Å². The molecule has 39 heteroatoms. The summed E-state index contributed by atoms with van der Waals surface area (Å²) in [5.41, 5.74) is 7.94. The molecule has 0 spiro atoms. The zero-order valence-corrected chi connectivity index (χ0v) is 75.3. The molecule has 702 valence electrons. The van der Waals surface area contributed by atoms with E-state index < -0.39 is 234 Å². The fraction of sp³-hybridized carbons (Fsp3) is 0.424. The Balaban J connectivity index is 1.22. The number of benzene rings is 5. The van der Waals surface area contributed by atoms with Crippen LogP contribution in [-0.2, 0) is 115 Å². The molecule has 8 rings (SSSR count). The van der Waals surface area contributed by atoms with E-state index >= 15 is 42.3 Å². The number of amides is 15. The number of nitrogens with two attached hydrogens (primary N) is 1. The summed E-state index contributed by atoms with van der Waals surface area (Å²) in [6, 6.07) is 15.5. The molecule has 3 heterocycles. The lowest BCUT2D eigenvalue weighted by molar-refractivity contribution is -0.151. The molecule has 35 nitrogen and oxygen atoms in total. The van der Waals surface area contributed by atoms with Crippen LogP contribution in [0.15, 0.2) is 152 Å². The molecule has 0 bridgehead atoms. The van der Waals surface area contributed by atoms with Crippen molar-refractivity contribution >= 4 is 117 Å². The maximum atomic E-state index is 15.5. The second-order valence-electron chi connectivity index (χ2n) is 33.1. The second kappa shape index (κ2) is 49.1. The maximum absolute atomic E-state index is 15.5. The first-order chi connectivity index (χ1) is 62.2. The number of para-hydroxylation sites is 1. The number of fused-ring (bicyclic) bond motifs is 1. The normalized spacial score (nSPS) is 21.8. The van der Waals surface area contributed by atoms with Crippen molar-refractivity contribution in [3.63, 3.8) is 0 Å². The van der Waals surface area contributed by atoms with Crippen molar-refractivity contribution in [2.75, 3.05) is 66.4 Å². The van der Waals surface area contributed by atoms with Gasteiger partial charge in [-0.2, -0.15) is 0 Å². The number of rotatable bonds is 23. The van der Waals surface area contributed by atoms with E-state index in [1.54, 1.807) is 124 Å². The minimum absolute atomic E-state index is 0.0692. The van der Waals surface area contributed by atoms with E-state index in [1.165, 1.54) is 85.7 Å². The summed E-state index contributed by atoms with van der Waals surface area (Å²) in [5, 5.41) is 44.6. The zero-order valence-electron chi connectivity index (χ0n) is 74.5. The summed E-state index contributed by atoms with van der Waals surface area (Å²) in [5.74, 6) is -24.2. The van der Waals surface area contributed by atoms with Crippen molar-refractivity contribution in [3.05, 3.63) is 203 Å². The largest absolute Gasteiger partial charge is 0.508 e. The van der Waals surface area contributed by atoms with E-state index in [0.29, 0.717) is 69.0 Å². The lowest BCUT2D eigenvalue weighted by Gasteiger charge is -2.37. The third-order valence-corrected chi connectivity index (χ3v) is 23.1. The number of hydrogen-bond acceptors (Lipinski definition) is 19. The fourth-order valence-electron chi connectivity index (χ4n) is 14.9. The zero-order chi connectivity index (χ0) is 96.0. The number of pyridine rings is 1. The number of phenols is 1. The molecule has 15 amide bonds. The van der Waals surface area contributed by atoms with Crippen molar-refractivity contribution in [2.45, 2.75) is 172 Å². The lowest BCUT2D eigenvalue weighted by Crippen LogP contribution is -2.61. The van der Waals surface area contributed by atoms with E-state index in [1.807, 2.05) is 0 Å². The number of nitrogens with zero attached hydrogens (tertiary/aromatic N) is 6. The van der Waals surface area contributed by atoms with Crippen LogP contribution in [-0.4, -0.2) is 272 Å². The number of aromatic nitrogens is 2. The number of carbonyl (C=O) groups is 16. The van der Waals surface area contributed by atoms with Gasteiger partial charge in [0.25, 0.3) is 0 Å². The van der Waals surface area contributed by atoms with Gasteiger partial charge in [0.05, 0.1) is 31.8 Å². The summed E-state index contributed by atoms with van der Waals surface area (Å²) < 4.78 is 44.9. The third-order valence-electron chi connectivity index (χ3n) is 22.0. The van der Waals surface area contributed by atoms with E-state index in [9.17, 15) is 57.8 Å². The van der Waals surface area contributed by atoms with Gasteiger partial charge in [-0.3, -0.25) is 81.7 Å². The second-order valence-corrected chi connectivity index (χ2v) is 34.2. The summed E-state index contributed by atoms with van der Waals surface area (Å²) in [6.07, 6.45) is 1.74. The summed E-state index contributed by atoms with van der Waals surface area (Å²) in [4.78, 5) is 247. The Morgan fingerprint density at radius 2 is 1.02 bits per heavy atom. The molecule has 1 fully saturated rings. The number of aromatic hydroxyl groups is 1. The number of aromatic amines is 1. The van der Waals surface area contributed by atoms with Gasteiger partial charge in [-0.05, 0) is 94.5 Å². The van der Waals surface area contributed by atoms with Crippen LogP contribution < -0.4 is 53.6 Å². The Kier molecular flexibility index (Phi) is 38.5. The van der Waals surface area contributed by atoms with Crippen LogP contribution >= 0.6 is 11.8 Å². The van der Waals surface area contributed by atoms with Gasteiger partial charge in [0.15, 0.2) is 17.5 Å². The minimum Gasteiger partial charge on any atom is -0.508 e. The van der Waals surface area contributed by atoms with Crippen molar-refractivity contribution in [3.8, 4) is 5.75 Å². The topological polar surface area (TPSA) is 493 Å². The molecule has 1 aliphatic heterocycles. The van der Waals surface area contributed by atoms with Gasteiger partial charge in [-0.1, -0.05) is 145 Å². The van der Waals surface area contributed by atoms with Crippen LogP contribution in [0.1, 0.15) is 100 Å². The molecule has 1 aliphatic rings. The molecule has 2 aromatic heterocycles. The number of likely N-dealkylation sites (N-methyl/N-ethyl adjacent to an activating group) is 5. The average molecular weight is 1840 g/mol. The molecule has 11 atom stereocenters. The van der Waals surface area contributed by atoms with Gasteiger partial charge in [-0.25, -0.2) is 13.2 Å². The quantitative estimate of drug-likeness (QED) is 0.0409. The predicted octanol–water partition coefficient (Wildman–Crippen LogP) is 2.43. The SMILES string of the molecule is CCCC[C@H]1C(=O)N(C)CC(=O)N[C@@H](CC(=O)O)C(=O)N[C@@H](C(C)C)C(=O)N(C)[C@@H](Cc2ccccc2)C(=O)N[C@@H](Cc2ccc(O)cc2)C(=O)N(C)CC(=O)N[C@@H](Cc2c[nH]c3ccccc23)C(=O)N[C@@H](Cc2cccnc2)C(=O)N[C@@H](CC(C)C)C(=O)N[C@H](C(=O)NCC(N)=O)CSCC(=O)N[C@@H](Cc2cc(F)c(F)c(F)c2)C(=O)N(C)[C@@H](Cc2ccccc2)C(=O)N1C. The first-order valence-corrected chi connectivity index (χ1v) is 43.8. The Bertz CT molecular complexity index is 5190. The minimum atomic E-state index is -1.96.